The van der Waals surface area contributed by atoms with Crippen LogP contribution in [0.15, 0.2) is 12.1 Å². The Kier molecular flexibility index (Phi) is 6.55. The van der Waals surface area contributed by atoms with Crippen molar-refractivity contribution in [1.82, 2.24) is 0 Å². The lowest BCUT2D eigenvalue weighted by molar-refractivity contribution is 0.301. The molecule has 0 saturated carbocycles. The molecule has 2 N–H and O–H groups in total. The van der Waals surface area contributed by atoms with Crippen LogP contribution in [0, 0.1) is 11.8 Å². The monoisotopic (exact) mass is 281 g/mol. The molecule has 0 radical (unpaired) electrons. The lowest BCUT2D eigenvalue weighted by atomic mass is 10.1. The third kappa shape index (κ3) is 5.02. The molecule has 1 aromatic carbocycles. The predicted molar refractivity (Wildman–Crippen MR) is 78.9 cm³/mol. The first kappa shape index (κ1) is 15.7. The van der Waals surface area contributed by atoms with Gasteiger partial charge in [-0.2, -0.15) is 0 Å². The van der Waals surface area contributed by atoms with Crippen molar-refractivity contribution in [2.75, 3.05) is 13.7 Å². The summed E-state index contributed by atoms with van der Waals surface area (Å²) in [7, 11) is 1.60. The van der Waals surface area contributed by atoms with Gasteiger partial charge in [0.1, 0.15) is 0 Å². The molecular formula is C15H20ClNO2. The highest BCUT2D eigenvalue weighted by molar-refractivity contribution is 6.32. The first-order chi connectivity index (χ1) is 9.08. The van der Waals surface area contributed by atoms with Crippen molar-refractivity contribution in [2.45, 2.75) is 32.7 Å². The van der Waals surface area contributed by atoms with Gasteiger partial charge in [-0.05, 0) is 38.0 Å². The van der Waals surface area contributed by atoms with Crippen molar-refractivity contribution in [2.24, 2.45) is 5.73 Å². The number of hydrogen-bond donors (Lipinski definition) is 1. The van der Waals surface area contributed by atoms with E-state index in [9.17, 15) is 0 Å². The van der Waals surface area contributed by atoms with E-state index in [4.69, 9.17) is 26.8 Å². The molecule has 0 saturated heterocycles. The molecule has 0 aliphatic rings. The van der Waals surface area contributed by atoms with E-state index in [1.165, 1.54) is 0 Å². The van der Waals surface area contributed by atoms with Crippen molar-refractivity contribution < 1.29 is 9.47 Å². The minimum Gasteiger partial charge on any atom is -0.493 e. The minimum absolute atomic E-state index is 0.0763. The second-order valence-corrected chi connectivity index (χ2v) is 4.72. The first-order valence-corrected chi connectivity index (χ1v) is 6.60. The van der Waals surface area contributed by atoms with Crippen LogP contribution < -0.4 is 15.2 Å². The zero-order chi connectivity index (χ0) is 14.3. The zero-order valence-corrected chi connectivity index (χ0v) is 12.4. The molecule has 0 aromatic heterocycles. The summed E-state index contributed by atoms with van der Waals surface area (Å²) in [5.41, 5.74) is 6.83. The van der Waals surface area contributed by atoms with Crippen LogP contribution >= 0.6 is 11.6 Å². The van der Waals surface area contributed by atoms with Crippen LogP contribution in [0.5, 0.6) is 11.5 Å². The molecule has 3 nitrogen and oxygen atoms in total. The van der Waals surface area contributed by atoms with Crippen LogP contribution in [-0.4, -0.2) is 19.8 Å². The highest BCUT2D eigenvalue weighted by Gasteiger charge is 2.12. The topological polar surface area (TPSA) is 44.5 Å². The van der Waals surface area contributed by atoms with Gasteiger partial charge in [0.2, 0.25) is 0 Å². The molecule has 0 amide bonds. The van der Waals surface area contributed by atoms with Crippen LogP contribution in [-0.2, 0) is 6.42 Å². The van der Waals surface area contributed by atoms with E-state index < -0.39 is 0 Å². The number of rotatable bonds is 6. The van der Waals surface area contributed by atoms with Crippen molar-refractivity contribution in [3.63, 3.8) is 0 Å². The average molecular weight is 282 g/mol. The molecule has 0 bridgehead atoms. The Bertz CT molecular complexity index is 475. The fourth-order valence-electron chi connectivity index (χ4n) is 1.73. The summed E-state index contributed by atoms with van der Waals surface area (Å²) in [6.45, 7) is 4.24. The first-order valence-electron chi connectivity index (χ1n) is 6.22. The average Bonchev–Trinajstić information content (AvgIpc) is 2.35. The van der Waals surface area contributed by atoms with Gasteiger partial charge in [0, 0.05) is 12.5 Å². The second kappa shape index (κ2) is 7.93. The quantitative estimate of drug-likeness (QED) is 0.644. The van der Waals surface area contributed by atoms with Gasteiger partial charge in [0.15, 0.2) is 11.5 Å². The molecule has 0 heterocycles. The van der Waals surface area contributed by atoms with Gasteiger partial charge in [0.05, 0.1) is 18.7 Å². The molecule has 0 spiro atoms. The Labute approximate surface area is 120 Å². The molecule has 1 rings (SSSR count). The minimum atomic E-state index is 0.0763. The summed E-state index contributed by atoms with van der Waals surface area (Å²) in [6, 6.07) is 3.86. The Morgan fingerprint density at radius 1 is 1.42 bits per heavy atom. The standard InChI is InChI=1S/C15H20ClNO2/c1-4-5-6-7-19-15-13(16)9-12(8-11(2)17)10-14(15)18-3/h9-11H,6-8,17H2,1-3H3. The number of ether oxygens (including phenoxy) is 2. The van der Waals surface area contributed by atoms with E-state index in [-0.39, 0.29) is 6.04 Å². The molecule has 104 valence electrons. The van der Waals surface area contributed by atoms with Crippen LogP contribution in [0.4, 0.5) is 0 Å². The summed E-state index contributed by atoms with van der Waals surface area (Å²) in [4.78, 5) is 0. The Morgan fingerprint density at radius 2 is 2.16 bits per heavy atom. The molecule has 0 aliphatic carbocycles. The van der Waals surface area contributed by atoms with E-state index in [1.807, 2.05) is 19.1 Å². The van der Waals surface area contributed by atoms with Crippen LogP contribution in [0.2, 0.25) is 5.02 Å². The molecule has 19 heavy (non-hydrogen) atoms. The SMILES string of the molecule is CC#CCCOc1c(Cl)cc(CC(C)N)cc1OC. The number of halogens is 1. The van der Waals surface area contributed by atoms with Crippen molar-refractivity contribution in [3.8, 4) is 23.3 Å². The van der Waals surface area contributed by atoms with E-state index in [1.54, 1.807) is 14.0 Å². The molecule has 4 heteroatoms. The second-order valence-electron chi connectivity index (χ2n) is 4.32. The summed E-state index contributed by atoms with van der Waals surface area (Å²) in [5, 5.41) is 0.541. The summed E-state index contributed by atoms with van der Waals surface area (Å²) < 4.78 is 10.9. The van der Waals surface area contributed by atoms with Gasteiger partial charge in [-0.1, -0.05) is 11.6 Å². The smallest absolute Gasteiger partial charge is 0.179 e. The van der Waals surface area contributed by atoms with Crippen molar-refractivity contribution in [1.29, 1.82) is 0 Å². The normalized spacial score (nSPS) is 11.4. The van der Waals surface area contributed by atoms with E-state index in [0.29, 0.717) is 29.5 Å². The maximum Gasteiger partial charge on any atom is 0.179 e. The summed E-state index contributed by atoms with van der Waals surface area (Å²) >= 11 is 6.23. The fourth-order valence-corrected chi connectivity index (χ4v) is 2.02. The number of nitrogens with two attached hydrogens (primary N) is 1. The largest absolute Gasteiger partial charge is 0.493 e. The molecule has 0 fully saturated rings. The Hall–Kier alpha value is -1.37. The lowest BCUT2D eigenvalue weighted by Gasteiger charge is -2.14. The van der Waals surface area contributed by atoms with E-state index in [0.717, 1.165) is 12.0 Å². The Morgan fingerprint density at radius 3 is 2.74 bits per heavy atom. The van der Waals surface area contributed by atoms with Gasteiger partial charge in [-0.15, -0.1) is 11.8 Å². The molecule has 1 atom stereocenters. The maximum absolute atomic E-state index is 6.23. The van der Waals surface area contributed by atoms with Gasteiger partial charge in [-0.25, -0.2) is 0 Å². The van der Waals surface area contributed by atoms with E-state index in [2.05, 4.69) is 11.8 Å². The summed E-state index contributed by atoms with van der Waals surface area (Å²) in [5.74, 6) is 6.95. The third-order valence-corrected chi connectivity index (χ3v) is 2.78. The lowest BCUT2D eigenvalue weighted by Crippen LogP contribution is -2.17. The number of benzene rings is 1. The van der Waals surface area contributed by atoms with E-state index >= 15 is 0 Å². The number of hydrogen-bond acceptors (Lipinski definition) is 3. The van der Waals surface area contributed by atoms with Gasteiger partial charge < -0.3 is 15.2 Å². The van der Waals surface area contributed by atoms with Gasteiger partial charge in [-0.3, -0.25) is 0 Å². The zero-order valence-electron chi connectivity index (χ0n) is 11.6. The molecule has 0 aliphatic heterocycles. The van der Waals surface area contributed by atoms with Crippen LogP contribution in [0.1, 0.15) is 25.8 Å². The van der Waals surface area contributed by atoms with Crippen LogP contribution in [0.25, 0.3) is 0 Å². The molecule has 1 aromatic rings. The Balaban J connectivity index is 2.87. The third-order valence-electron chi connectivity index (χ3n) is 2.50. The predicted octanol–water partition coefficient (Wildman–Crippen LogP) is 3.03. The maximum atomic E-state index is 6.23. The highest BCUT2D eigenvalue weighted by atomic mass is 35.5. The van der Waals surface area contributed by atoms with Gasteiger partial charge >= 0.3 is 0 Å². The van der Waals surface area contributed by atoms with Gasteiger partial charge in [0.25, 0.3) is 0 Å². The highest BCUT2D eigenvalue weighted by Crippen LogP contribution is 2.36. The fraction of sp³-hybridized carbons (Fsp3) is 0.467. The van der Waals surface area contributed by atoms with Crippen molar-refractivity contribution >= 4 is 11.6 Å². The number of methoxy groups -OCH3 is 1. The van der Waals surface area contributed by atoms with Crippen LogP contribution in [0.3, 0.4) is 0 Å². The summed E-state index contributed by atoms with van der Waals surface area (Å²) in [6.07, 6.45) is 1.41. The van der Waals surface area contributed by atoms with Crippen molar-refractivity contribution in [3.05, 3.63) is 22.7 Å². The molecule has 1 unspecified atom stereocenters. The molecular weight excluding hydrogens is 262 g/mol.